The van der Waals surface area contributed by atoms with Gasteiger partial charge in [-0.05, 0) is 42.5 Å². The van der Waals surface area contributed by atoms with Gasteiger partial charge >= 0.3 is 0 Å². The molecule has 1 aromatic heterocycles. The van der Waals surface area contributed by atoms with E-state index in [1.807, 2.05) is 6.07 Å². The highest BCUT2D eigenvalue weighted by atomic mass is 32.2. The maximum atomic E-state index is 12.8. The van der Waals surface area contributed by atoms with Crippen LogP contribution in [0.5, 0.6) is 5.75 Å². The predicted molar refractivity (Wildman–Crippen MR) is 108 cm³/mol. The Bertz CT molecular complexity index is 1180. The average Bonchev–Trinajstić information content (AvgIpc) is 2.74. The van der Waals surface area contributed by atoms with Crippen LogP contribution in [0, 0.1) is 0 Å². The van der Waals surface area contributed by atoms with Crippen LogP contribution in [0.25, 0.3) is 0 Å². The second kappa shape index (κ2) is 8.73. The molecule has 7 nitrogen and oxygen atoms in total. The Morgan fingerprint density at radius 2 is 1.62 bits per heavy atom. The summed E-state index contributed by atoms with van der Waals surface area (Å²) < 4.78 is 58.9. The average molecular weight is 433 g/mol. The molecule has 152 valence electrons. The number of sulfonamides is 1. The molecule has 0 atom stereocenters. The van der Waals surface area contributed by atoms with E-state index in [1.54, 1.807) is 36.5 Å². The Labute approximate surface area is 170 Å². The van der Waals surface area contributed by atoms with Crippen LogP contribution in [0.4, 0.5) is 0 Å². The summed E-state index contributed by atoms with van der Waals surface area (Å²) in [6, 6.07) is 17.0. The van der Waals surface area contributed by atoms with Crippen molar-refractivity contribution in [2.75, 3.05) is 13.7 Å². The topological polar surface area (TPSA) is 102 Å². The minimum atomic E-state index is -4.01. The van der Waals surface area contributed by atoms with Crippen molar-refractivity contribution in [1.29, 1.82) is 0 Å². The van der Waals surface area contributed by atoms with Crippen molar-refractivity contribution in [2.24, 2.45) is 0 Å². The summed E-state index contributed by atoms with van der Waals surface area (Å²) in [5, 5.41) is 0. The van der Waals surface area contributed by atoms with Gasteiger partial charge in [-0.3, -0.25) is 4.98 Å². The van der Waals surface area contributed by atoms with E-state index in [1.165, 1.54) is 31.4 Å². The van der Waals surface area contributed by atoms with Crippen LogP contribution >= 0.6 is 0 Å². The molecule has 0 amide bonds. The molecule has 3 aromatic rings. The number of benzene rings is 2. The van der Waals surface area contributed by atoms with E-state index >= 15 is 0 Å². The smallest absolute Gasteiger partial charge is 0.244 e. The monoisotopic (exact) mass is 432 g/mol. The highest BCUT2D eigenvalue weighted by molar-refractivity contribution is 7.91. The van der Waals surface area contributed by atoms with Gasteiger partial charge in [-0.2, -0.15) is 0 Å². The van der Waals surface area contributed by atoms with Gasteiger partial charge < -0.3 is 4.74 Å². The molecular weight excluding hydrogens is 412 g/mol. The molecule has 0 aliphatic rings. The van der Waals surface area contributed by atoms with Gasteiger partial charge in [-0.25, -0.2) is 21.6 Å². The first kappa shape index (κ1) is 21.0. The summed E-state index contributed by atoms with van der Waals surface area (Å²) >= 11 is 0. The fourth-order valence-corrected chi connectivity index (χ4v) is 5.31. The molecule has 29 heavy (non-hydrogen) atoms. The molecule has 0 bridgehead atoms. The largest absolute Gasteiger partial charge is 0.495 e. The molecule has 0 saturated carbocycles. The second-order valence-corrected chi connectivity index (χ2v) is 9.78. The van der Waals surface area contributed by atoms with Crippen LogP contribution in [-0.2, 0) is 26.3 Å². The van der Waals surface area contributed by atoms with Crippen LogP contribution in [0.15, 0.2) is 87.6 Å². The lowest BCUT2D eigenvalue weighted by molar-refractivity contribution is 0.401. The van der Waals surface area contributed by atoms with Crippen LogP contribution in [0.3, 0.4) is 0 Å². The molecule has 0 spiro atoms. The lowest BCUT2D eigenvalue weighted by Gasteiger charge is -2.13. The quantitative estimate of drug-likeness (QED) is 0.587. The fraction of sp³-hybridized carbons (Fsp3) is 0.150. The van der Waals surface area contributed by atoms with Crippen molar-refractivity contribution in [3.8, 4) is 5.75 Å². The zero-order chi connectivity index (χ0) is 20.9. The predicted octanol–water partition coefficient (Wildman–Crippen LogP) is 2.44. The van der Waals surface area contributed by atoms with Crippen molar-refractivity contribution < 1.29 is 21.6 Å². The summed E-state index contributed by atoms with van der Waals surface area (Å²) in [6.07, 6.45) is 2.02. The minimum Gasteiger partial charge on any atom is -0.495 e. The maximum Gasteiger partial charge on any atom is 0.244 e. The van der Waals surface area contributed by atoms with Gasteiger partial charge in [0.1, 0.15) is 10.6 Å². The number of aromatic nitrogens is 1. The van der Waals surface area contributed by atoms with Gasteiger partial charge in [0.2, 0.25) is 19.9 Å². The van der Waals surface area contributed by atoms with E-state index in [4.69, 9.17) is 4.74 Å². The lowest BCUT2D eigenvalue weighted by atomic mass is 10.3. The third-order valence-corrected chi connectivity index (χ3v) is 7.44. The van der Waals surface area contributed by atoms with Gasteiger partial charge in [-0.1, -0.05) is 24.3 Å². The number of nitrogens with zero attached hydrogens (tertiary/aromatic N) is 1. The third-order valence-electron chi connectivity index (χ3n) is 4.19. The van der Waals surface area contributed by atoms with Crippen molar-refractivity contribution in [3.05, 3.63) is 78.6 Å². The molecule has 3 rings (SSSR count). The molecule has 0 saturated heterocycles. The Morgan fingerprint density at radius 3 is 2.28 bits per heavy atom. The van der Waals surface area contributed by atoms with Crippen LogP contribution < -0.4 is 9.46 Å². The maximum absolute atomic E-state index is 12.8. The van der Waals surface area contributed by atoms with E-state index in [2.05, 4.69) is 9.71 Å². The molecule has 1 N–H and O–H groups in total. The number of hydrogen-bond acceptors (Lipinski definition) is 6. The van der Waals surface area contributed by atoms with Crippen molar-refractivity contribution >= 4 is 19.9 Å². The van der Waals surface area contributed by atoms with Crippen LogP contribution in [0.1, 0.15) is 5.69 Å². The first-order valence-corrected chi connectivity index (χ1v) is 11.7. The van der Waals surface area contributed by atoms with Crippen molar-refractivity contribution in [3.63, 3.8) is 0 Å². The normalized spacial score (nSPS) is 11.9. The molecule has 0 fully saturated rings. The number of ether oxygens (including phenoxy) is 1. The van der Waals surface area contributed by atoms with E-state index in [9.17, 15) is 16.8 Å². The van der Waals surface area contributed by atoms with E-state index < -0.39 is 19.9 Å². The highest BCUT2D eigenvalue weighted by Gasteiger charge is 2.24. The number of pyridine rings is 1. The van der Waals surface area contributed by atoms with Crippen molar-refractivity contribution in [1.82, 2.24) is 9.71 Å². The third kappa shape index (κ3) is 4.81. The molecule has 1 heterocycles. The number of sulfone groups is 1. The zero-order valence-corrected chi connectivity index (χ0v) is 17.3. The standard InChI is InChI=1S/C20H20N2O5S2/c1-27-19-11-10-18(28(23,24)17-8-3-2-4-9-17)15-20(19)29(25,26)22-14-12-16-7-5-6-13-21-16/h2-11,13,15,22H,12,14H2,1H3. The number of hydrogen-bond donors (Lipinski definition) is 1. The van der Waals surface area contributed by atoms with E-state index in [0.29, 0.717) is 6.42 Å². The number of methoxy groups -OCH3 is 1. The summed E-state index contributed by atoms with van der Waals surface area (Å²) in [4.78, 5) is 3.86. The summed E-state index contributed by atoms with van der Waals surface area (Å²) in [5.41, 5.74) is 0.738. The van der Waals surface area contributed by atoms with Crippen LogP contribution in [0.2, 0.25) is 0 Å². The molecule has 2 aromatic carbocycles. The fourth-order valence-electron chi connectivity index (χ4n) is 2.71. The summed E-state index contributed by atoms with van der Waals surface area (Å²) in [6.45, 7) is 0.109. The number of nitrogens with one attached hydrogen (secondary N) is 1. The zero-order valence-electron chi connectivity index (χ0n) is 15.6. The molecule has 0 aliphatic carbocycles. The molecular formula is C20H20N2O5S2. The van der Waals surface area contributed by atoms with Gasteiger partial charge in [0.05, 0.1) is 16.9 Å². The number of rotatable bonds is 8. The van der Waals surface area contributed by atoms with Crippen LogP contribution in [-0.4, -0.2) is 35.5 Å². The Hall–Kier alpha value is -2.75. The van der Waals surface area contributed by atoms with Gasteiger partial charge in [0.25, 0.3) is 0 Å². The molecule has 0 radical (unpaired) electrons. The van der Waals surface area contributed by atoms with Crippen molar-refractivity contribution in [2.45, 2.75) is 21.1 Å². The lowest BCUT2D eigenvalue weighted by Crippen LogP contribution is -2.26. The molecule has 0 unspecified atom stereocenters. The van der Waals surface area contributed by atoms with Gasteiger partial charge in [0.15, 0.2) is 0 Å². The summed E-state index contributed by atoms with van der Waals surface area (Å²) in [7, 11) is -6.55. The van der Waals surface area contributed by atoms with E-state index in [-0.39, 0.29) is 27.0 Å². The second-order valence-electron chi connectivity index (χ2n) is 6.10. The van der Waals surface area contributed by atoms with E-state index in [0.717, 1.165) is 11.8 Å². The Morgan fingerprint density at radius 1 is 0.897 bits per heavy atom. The molecule has 0 aliphatic heterocycles. The van der Waals surface area contributed by atoms with Gasteiger partial charge in [-0.15, -0.1) is 0 Å². The van der Waals surface area contributed by atoms with Gasteiger partial charge in [0, 0.05) is 24.9 Å². The first-order chi connectivity index (χ1) is 13.8. The minimum absolute atomic E-state index is 0.0577. The Balaban J connectivity index is 1.90. The highest BCUT2D eigenvalue weighted by Crippen LogP contribution is 2.29. The summed E-state index contributed by atoms with van der Waals surface area (Å²) in [5.74, 6) is 0.0577. The Kier molecular flexibility index (Phi) is 6.31. The molecule has 9 heteroatoms. The first-order valence-electron chi connectivity index (χ1n) is 8.72. The SMILES string of the molecule is COc1ccc(S(=O)(=O)c2ccccc2)cc1S(=O)(=O)NCCc1ccccn1.